The van der Waals surface area contributed by atoms with Crippen LogP contribution in [0, 0.1) is 17.3 Å². The van der Waals surface area contributed by atoms with Crippen molar-refractivity contribution in [3.63, 3.8) is 0 Å². The zero-order valence-electron chi connectivity index (χ0n) is 42.6. The van der Waals surface area contributed by atoms with E-state index in [1.54, 1.807) is 4.90 Å². The van der Waals surface area contributed by atoms with Gasteiger partial charge in [0.25, 0.3) is 5.91 Å². The summed E-state index contributed by atoms with van der Waals surface area (Å²) in [5.41, 5.74) is 0.664. The average Bonchev–Trinajstić information content (AvgIpc) is 3.62. The molecule has 9 rings (SSSR count). The fraction of sp³-hybridized carbons (Fsp3) is 0.667. The molecule has 19 heteroatoms. The number of fused-ring (bicyclic) bond motifs is 5. The number of piperidine rings is 1. The van der Waals surface area contributed by atoms with Gasteiger partial charge < -0.3 is 49.8 Å². The van der Waals surface area contributed by atoms with Crippen molar-refractivity contribution in [2.75, 3.05) is 70.9 Å². The van der Waals surface area contributed by atoms with Crippen molar-refractivity contribution in [1.82, 2.24) is 29.6 Å². The number of halogens is 3. The topological polar surface area (TPSA) is 194 Å². The Bertz CT molecular complexity index is 2400. The Morgan fingerprint density at radius 3 is 2.36 bits per heavy atom. The second-order valence-corrected chi connectivity index (χ2v) is 22.8. The molecule has 400 valence electrons. The molecule has 73 heavy (non-hydrogen) atoms. The quantitative estimate of drug-likeness (QED) is 0.130. The number of aliphatic hydroxyl groups excluding tert-OH is 2. The van der Waals surface area contributed by atoms with Crippen LogP contribution in [-0.2, 0) is 33.4 Å². The van der Waals surface area contributed by atoms with Gasteiger partial charge in [-0.1, -0.05) is 25.1 Å². The van der Waals surface area contributed by atoms with Crippen molar-refractivity contribution in [3.05, 3.63) is 77.2 Å². The largest absolute Gasteiger partial charge is 0.508 e. The second-order valence-electron chi connectivity index (χ2n) is 22.8. The van der Waals surface area contributed by atoms with E-state index in [-0.39, 0.29) is 42.5 Å². The van der Waals surface area contributed by atoms with Gasteiger partial charge in [-0.15, -0.1) is 0 Å². The summed E-state index contributed by atoms with van der Waals surface area (Å²) in [5, 5.41) is 47.1. The normalized spacial score (nSPS) is 30.2. The van der Waals surface area contributed by atoms with Crippen LogP contribution in [-0.4, -0.2) is 169 Å². The Balaban J connectivity index is 0.704. The van der Waals surface area contributed by atoms with Crippen molar-refractivity contribution >= 4 is 17.8 Å². The maximum absolute atomic E-state index is 13.9. The van der Waals surface area contributed by atoms with Crippen molar-refractivity contribution in [1.29, 1.82) is 0 Å². The number of nitrogens with one attached hydrogen (secondary N) is 1. The third-order valence-corrected chi connectivity index (χ3v) is 17.2. The SMILES string of the molecule is CC(C)(C)OC(=O)N(CC[C@]1(O)CC[C@H]2[C@@H]3CCc4cc(O)ccc4[C@H]3CC[C@@]21C)C1CCN(C(=O)COc2ccc(CN3CCN(C[C@H]4OC[C@H](Nc5cncc(C(F)(F)F)n5)[C@@H](O)[C@H]4O)CC3)cc2)CC1. The number of carbonyl (C=O) groups excluding carboxylic acids is 2. The molecule has 0 unspecified atom stereocenters. The molecule has 3 aromatic rings. The third-order valence-electron chi connectivity index (χ3n) is 17.2. The molecule has 2 aromatic carbocycles. The Morgan fingerprint density at radius 2 is 1.64 bits per heavy atom. The van der Waals surface area contributed by atoms with Crippen LogP contribution in [0.15, 0.2) is 54.9 Å². The van der Waals surface area contributed by atoms with Gasteiger partial charge in [0, 0.05) is 64.9 Å². The zero-order chi connectivity index (χ0) is 51.9. The number of aryl methyl sites for hydroxylation is 1. The van der Waals surface area contributed by atoms with E-state index in [0.717, 1.165) is 57.0 Å². The number of aliphatic hydroxyl groups is 3. The highest BCUT2D eigenvalue weighted by atomic mass is 19.4. The van der Waals surface area contributed by atoms with Crippen LogP contribution >= 0.6 is 0 Å². The number of piperazine rings is 1. The summed E-state index contributed by atoms with van der Waals surface area (Å²) in [6.07, 6.45) is 0.665. The third kappa shape index (κ3) is 11.9. The minimum absolute atomic E-state index is 0.0369. The fourth-order valence-electron chi connectivity index (χ4n) is 13.1. The van der Waals surface area contributed by atoms with Crippen molar-refractivity contribution in [3.8, 4) is 11.5 Å². The number of hydrogen-bond acceptors (Lipinski definition) is 14. The first kappa shape index (κ1) is 53.1. The number of amides is 2. The number of rotatable bonds is 13. The summed E-state index contributed by atoms with van der Waals surface area (Å²) in [6, 6.07) is 12.5. The predicted molar refractivity (Wildman–Crippen MR) is 265 cm³/mol. The Hall–Kier alpha value is -4.79. The monoisotopic (exact) mass is 1020 g/mol. The number of alkyl halides is 3. The molecule has 0 bridgehead atoms. The first-order chi connectivity index (χ1) is 34.7. The lowest BCUT2D eigenvalue weighted by Gasteiger charge is -2.53. The Labute approximate surface area is 426 Å². The maximum Gasteiger partial charge on any atom is 0.434 e. The van der Waals surface area contributed by atoms with Crippen LogP contribution in [0.2, 0.25) is 0 Å². The number of carbonyl (C=O) groups is 2. The molecule has 1 aromatic heterocycles. The molecule has 5 N–H and O–H groups in total. The van der Waals surface area contributed by atoms with Crippen LogP contribution in [0.3, 0.4) is 0 Å². The summed E-state index contributed by atoms with van der Waals surface area (Å²) in [4.78, 5) is 42.6. The minimum Gasteiger partial charge on any atom is -0.508 e. The van der Waals surface area contributed by atoms with Crippen molar-refractivity contribution < 1.29 is 57.4 Å². The number of ether oxygens (including phenoxy) is 3. The second kappa shape index (κ2) is 21.4. The van der Waals surface area contributed by atoms with Crippen LogP contribution in [0.5, 0.6) is 11.5 Å². The number of phenols is 1. The zero-order valence-corrected chi connectivity index (χ0v) is 42.6. The molecule has 5 fully saturated rings. The minimum atomic E-state index is -4.67. The fourth-order valence-corrected chi connectivity index (χ4v) is 13.1. The standard InChI is InChI=1S/C54H74F3N7O9/c1-51(2,3)73-50(69)64(22-19-53(70)18-14-42-41-11-7-35-27-37(65)8-12-39(35)40(41)13-17-52(42,53)4)36-15-20-63(21-16-36)47(66)33-71-38-9-5-34(6-10-38)30-61-23-25-62(26-24-61)31-44-49(68)48(67)43(32-72-44)59-46-29-58-28-45(60-46)54(55,56)57/h5-6,8-10,12,27-29,36,40-44,48-49,65,67-68,70H,7,11,13-26,30-33H2,1-4H3,(H,59,60)/t40-,41-,42+,43+,44-,48-,49+,52+,53-/m1/s1. The number of aromatic hydroxyl groups is 1. The molecular weight excluding hydrogens is 948 g/mol. The lowest BCUT2D eigenvalue weighted by Crippen LogP contribution is -2.59. The van der Waals surface area contributed by atoms with Gasteiger partial charge in [0.05, 0.1) is 36.7 Å². The molecule has 3 saturated heterocycles. The number of likely N-dealkylation sites (tertiary alicyclic amines) is 1. The molecule has 9 atom stereocenters. The number of benzene rings is 2. The Kier molecular flexibility index (Phi) is 15.6. The summed E-state index contributed by atoms with van der Waals surface area (Å²) in [7, 11) is 0. The molecule has 0 spiro atoms. The van der Waals surface area contributed by atoms with Gasteiger partial charge in [0.1, 0.15) is 35.1 Å². The van der Waals surface area contributed by atoms with Crippen molar-refractivity contribution in [2.24, 2.45) is 17.3 Å². The summed E-state index contributed by atoms with van der Waals surface area (Å²) >= 11 is 0. The summed E-state index contributed by atoms with van der Waals surface area (Å²) < 4.78 is 57.1. The van der Waals surface area contributed by atoms with Gasteiger partial charge >= 0.3 is 12.3 Å². The van der Waals surface area contributed by atoms with E-state index < -0.39 is 47.4 Å². The van der Waals surface area contributed by atoms with E-state index in [9.17, 15) is 43.2 Å². The molecule has 6 aliphatic rings. The highest BCUT2D eigenvalue weighted by molar-refractivity contribution is 5.78. The van der Waals surface area contributed by atoms with Gasteiger partial charge in [-0.2, -0.15) is 13.2 Å². The van der Waals surface area contributed by atoms with Gasteiger partial charge in [-0.25, -0.2) is 9.78 Å². The summed E-state index contributed by atoms with van der Waals surface area (Å²) in [5.74, 6) is 1.92. The number of hydrogen-bond donors (Lipinski definition) is 5. The summed E-state index contributed by atoms with van der Waals surface area (Å²) in [6.45, 7) is 13.1. The van der Waals surface area contributed by atoms with E-state index in [4.69, 9.17) is 14.2 Å². The highest BCUT2D eigenvalue weighted by Gasteiger charge is 2.61. The van der Waals surface area contributed by atoms with Crippen LogP contribution in [0.1, 0.15) is 107 Å². The predicted octanol–water partition coefficient (Wildman–Crippen LogP) is 6.20. The van der Waals surface area contributed by atoms with Gasteiger partial charge in [-0.05, 0) is 143 Å². The molecule has 2 saturated carbocycles. The van der Waals surface area contributed by atoms with E-state index in [1.165, 1.54) is 11.1 Å². The van der Waals surface area contributed by atoms with E-state index >= 15 is 0 Å². The average molecular weight is 1020 g/mol. The van der Waals surface area contributed by atoms with Crippen LogP contribution < -0.4 is 10.1 Å². The number of phenolic OH excluding ortho intramolecular Hbond substituents is 1. The van der Waals surface area contributed by atoms with Crippen LogP contribution in [0.4, 0.5) is 23.8 Å². The highest BCUT2D eigenvalue weighted by Crippen LogP contribution is 2.65. The van der Waals surface area contributed by atoms with E-state index in [1.807, 2.05) is 62.1 Å². The lowest BCUT2D eigenvalue weighted by molar-refractivity contribution is -0.148. The van der Waals surface area contributed by atoms with Crippen LogP contribution in [0.25, 0.3) is 0 Å². The number of aromatic nitrogens is 2. The molecule has 4 heterocycles. The Morgan fingerprint density at radius 1 is 0.918 bits per heavy atom. The van der Waals surface area contributed by atoms with Gasteiger partial charge in [0.2, 0.25) is 0 Å². The smallest absolute Gasteiger partial charge is 0.434 e. The van der Waals surface area contributed by atoms with Gasteiger partial charge in [0.15, 0.2) is 12.3 Å². The van der Waals surface area contributed by atoms with E-state index in [0.29, 0.717) is 107 Å². The van der Waals surface area contributed by atoms with Gasteiger partial charge in [-0.3, -0.25) is 19.6 Å². The first-order valence-electron chi connectivity index (χ1n) is 26.3. The molecule has 3 aliphatic heterocycles. The maximum atomic E-state index is 13.9. The van der Waals surface area contributed by atoms with Crippen molar-refractivity contribution in [2.45, 2.75) is 146 Å². The molecule has 16 nitrogen and oxygen atoms in total. The number of anilines is 1. The molecule has 2 amide bonds. The molecule has 3 aliphatic carbocycles. The van der Waals surface area contributed by atoms with E-state index in [2.05, 4.69) is 38.1 Å². The molecular formula is C54H74F3N7O9. The number of nitrogens with zero attached hydrogens (tertiary/aromatic N) is 6. The first-order valence-corrected chi connectivity index (χ1v) is 26.3. The lowest BCUT2D eigenvalue weighted by atomic mass is 9.53. The molecule has 0 radical (unpaired) electrons.